The molecule has 41 heavy (non-hydrogen) atoms. The number of aryl methyl sites for hydroxylation is 2. The Bertz CT molecular complexity index is 1380. The number of hydrogen-bond donors (Lipinski definition) is 0. The molecule has 0 saturated carbocycles. The predicted molar refractivity (Wildman–Crippen MR) is 180 cm³/mol. The van der Waals surface area contributed by atoms with E-state index in [-0.39, 0.29) is 38.1 Å². The molecule has 1 heteroatoms. The zero-order valence-corrected chi connectivity index (χ0v) is 31.4. The van der Waals surface area contributed by atoms with Gasteiger partial charge in [0, 0.05) is 55.2 Å². The van der Waals surface area contributed by atoms with Gasteiger partial charge in [-0.1, -0.05) is 140 Å². The molecule has 0 saturated heterocycles. The second kappa shape index (κ2) is 16.3. The Hall–Kier alpha value is -1.60. The third-order valence-electron chi connectivity index (χ3n) is 8.50. The van der Waals surface area contributed by atoms with Crippen LogP contribution >= 0.6 is 0 Å². The summed E-state index contributed by atoms with van der Waals surface area (Å²) >= 11 is 0. The van der Waals surface area contributed by atoms with Crippen LogP contribution in [0.5, 0.6) is 0 Å². The molecule has 0 aliphatic rings. The summed E-state index contributed by atoms with van der Waals surface area (Å²) in [5.74, 6) is 17.9. The molecule has 3 aromatic rings. The van der Waals surface area contributed by atoms with Gasteiger partial charge in [0.15, 0.2) is 0 Å². The van der Waals surface area contributed by atoms with Gasteiger partial charge in [-0.2, -0.15) is 13.8 Å². The topological polar surface area (TPSA) is 0 Å². The maximum Gasteiger partial charge on any atom is 0.0403 e. The zero-order chi connectivity index (χ0) is 30.4. The van der Waals surface area contributed by atoms with Gasteiger partial charge in [0.05, 0.1) is 0 Å². The number of hydrogen-bond acceptors (Lipinski definition) is 0. The van der Waals surface area contributed by atoms with Crippen LogP contribution in [0.15, 0.2) is 36.4 Å². The van der Waals surface area contributed by atoms with Crippen molar-refractivity contribution >= 4 is 21.5 Å². The van der Waals surface area contributed by atoms with Gasteiger partial charge in [-0.3, -0.25) is 0 Å². The minimum absolute atomic E-state index is 0. The maximum atomic E-state index is 3.88. The first kappa shape index (κ1) is 37.4. The Labute approximate surface area is 279 Å². The average molecular weight is 625 g/mol. The molecule has 0 heterocycles. The Kier molecular flexibility index (Phi) is 14.9. The third-order valence-corrected chi connectivity index (χ3v) is 8.50. The molecule has 0 fully saturated rings. The first-order valence-corrected chi connectivity index (χ1v) is 15.5. The molecule has 0 aromatic heterocycles. The summed E-state index contributed by atoms with van der Waals surface area (Å²) in [6.07, 6.45) is 2.00. The first-order chi connectivity index (χ1) is 18.7. The van der Waals surface area contributed by atoms with Crippen LogP contribution in [0.3, 0.4) is 0 Å². The normalized spacial score (nSPS) is 11.5. The Morgan fingerprint density at radius 3 is 1.29 bits per heavy atom. The van der Waals surface area contributed by atoms with Crippen LogP contribution in [0.25, 0.3) is 21.5 Å². The summed E-state index contributed by atoms with van der Waals surface area (Å²) < 4.78 is 0. The van der Waals surface area contributed by atoms with Crippen molar-refractivity contribution in [2.45, 2.75) is 96.9 Å². The quantitative estimate of drug-likeness (QED) is 0.151. The fraction of sp³-hybridized carbons (Fsp3) is 0.525. The van der Waals surface area contributed by atoms with Gasteiger partial charge >= 0.3 is 0 Å². The Balaban J connectivity index is 0.00000201. The van der Waals surface area contributed by atoms with Crippen molar-refractivity contribution in [1.29, 1.82) is 0 Å². The van der Waals surface area contributed by atoms with Gasteiger partial charge in [-0.25, -0.2) is 0 Å². The molecule has 0 spiro atoms. The van der Waals surface area contributed by atoms with Crippen molar-refractivity contribution in [2.24, 2.45) is 40.9 Å². The van der Waals surface area contributed by atoms with Crippen LogP contribution in [0.4, 0.5) is 0 Å². The Morgan fingerprint density at radius 1 is 0.585 bits per heavy atom. The van der Waals surface area contributed by atoms with Crippen molar-refractivity contribution < 1.29 is 32.7 Å². The van der Waals surface area contributed by atoms with E-state index in [2.05, 4.69) is 143 Å². The second-order valence-corrected chi connectivity index (χ2v) is 13.4. The van der Waals surface area contributed by atoms with Crippen molar-refractivity contribution in [3.05, 3.63) is 65.1 Å². The third kappa shape index (κ3) is 8.49. The second-order valence-electron chi connectivity index (χ2n) is 13.4. The molecule has 0 aliphatic carbocycles. The van der Waals surface area contributed by atoms with Gasteiger partial charge in [0.25, 0.3) is 0 Å². The molecule has 0 bridgehead atoms. The van der Waals surface area contributed by atoms with Crippen LogP contribution in [-0.2, 0) is 32.7 Å². The van der Waals surface area contributed by atoms with Crippen LogP contribution < -0.4 is 0 Å². The summed E-state index contributed by atoms with van der Waals surface area (Å²) in [4.78, 5) is 0. The predicted octanol–water partition coefficient (Wildman–Crippen LogP) is 11.4. The summed E-state index contributed by atoms with van der Waals surface area (Å²) in [5, 5.41) is 4.89. The summed E-state index contributed by atoms with van der Waals surface area (Å²) in [7, 11) is 0. The monoisotopic (exact) mass is 624 g/mol. The molecule has 219 valence electrons. The van der Waals surface area contributed by atoms with Crippen molar-refractivity contribution in [1.82, 2.24) is 0 Å². The van der Waals surface area contributed by atoms with Crippen LogP contribution in [0.1, 0.15) is 105 Å². The molecule has 0 N–H and O–H groups in total. The summed E-state index contributed by atoms with van der Waals surface area (Å²) in [6, 6.07) is 13.6. The van der Waals surface area contributed by atoms with E-state index >= 15 is 0 Å². The smallest absolute Gasteiger partial charge is 0.0403 e. The van der Waals surface area contributed by atoms with E-state index < -0.39 is 0 Å². The van der Waals surface area contributed by atoms with E-state index in [4.69, 9.17) is 0 Å². The van der Waals surface area contributed by atoms with Crippen LogP contribution in [0.2, 0.25) is 0 Å². The van der Waals surface area contributed by atoms with E-state index in [1.165, 1.54) is 32.7 Å². The standard InChI is InChI=1S/C37H48.C3H7.Y/c1-23(2)30(24(3)4)17-18-33-31-15-13-29(12)22-36(31)34(32-16-14-28(11)21-35(32)33)19-20-37(25(5)6,26(7)8)27(9)10;1-3-2;/h13-16,21-27,30H,1-12H3;3H,1-2H3;/q;-1;. The first-order valence-electron chi connectivity index (χ1n) is 15.5. The SMILES string of the molecule is C[CH-]C.Cc1ccc2c(C#CC(C(C)C)(C(C)C)C(C)C)c3cc(C)ccc3c(C#CC(C(C)C)C(C)C)c2c1.[Y]. The van der Waals surface area contributed by atoms with Crippen molar-refractivity contribution in [3.8, 4) is 23.7 Å². The summed E-state index contributed by atoms with van der Waals surface area (Å²) in [6.45, 7) is 31.5. The van der Waals surface area contributed by atoms with E-state index in [0.29, 0.717) is 35.5 Å². The average Bonchev–Trinajstić information content (AvgIpc) is 2.84. The van der Waals surface area contributed by atoms with Gasteiger partial charge in [-0.15, -0.1) is 0 Å². The van der Waals surface area contributed by atoms with Crippen molar-refractivity contribution in [2.75, 3.05) is 0 Å². The van der Waals surface area contributed by atoms with Gasteiger partial charge < -0.3 is 6.42 Å². The number of fused-ring (bicyclic) bond motifs is 2. The maximum absolute atomic E-state index is 3.88. The number of benzene rings is 3. The minimum atomic E-state index is -0.0482. The molecule has 3 rings (SSSR count). The van der Waals surface area contributed by atoms with Crippen LogP contribution in [0, 0.1) is 84.9 Å². The molecular weight excluding hydrogens is 569 g/mol. The van der Waals surface area contributed by atoms with E-state index in [1.54, 1.807) is 0 Å². The molecular formula is C40H55Y-. The molecule has 3 aromatic carbocycles. The van der Waals surface area contributed by atoms with Crippen molar-refractivity contribution in [3.63, 3.8) is 0 Å². The van der Waals surface area contributed by atoms with E-state index in [0.717, 1.165) is 11.1 Å². The van der Waals surface area contributed by atoms with Crippen LogP contribution in [-0.4, -0.2) is 0 Å². The molecule has 0 unspecified atom stereocenters. The minimum Gasteiger partial charge on any atom is -0.335 e. The molecule has 0 nitrogen and oxygen atoms in total. The number of rotatable bonds is 5. The van der Waals surface area contributed by atoms with Gasteiger partial charge in [-0.05, 0) is 65.0 Å². The van der Waals surface area contributed by atoms with E-state index in [9.17, 15) is 0 Å². The molecule has 0 aliphatic heterocycles. The summed E-state index contributed by atoms with van der Waals surface area (Å²) in [5.41, 5.74) is 4.76. The molecule has 1 radical (unpaired) electrons. The van der Waals surface area contributed by atoms with Gasteiger partial charge in [0.1, 0.15) is 0 Å². The van der Waals surface area contributed by atoms with E-state index in [1.807, 2.05) is 20.3 Å². The fourth-order valence-electron chi connectivity index (χ4n) is 6.59. The molecule has 0 amide bonds. The fourth-order valence-corrected chi connectivity index (χ4v) is 6.59. The zero-order valence-electron chi connectivity index (χ0n) is 28.6. The molecule has 0 atom stereocenters. The largest absolute Gasteiger partial charge is 0.335 e. The van der Waals surface area contributed by atoms with Gasteiger partial charge in [0.2, 0.25) is 0 Å². The Morgan fingerprint density at radius 2 is 0.951 bits per heavy atom.